The average Bonchev–Trinajstić information content (AvgIpc) is 2.40. The second-order valence-corrected chi connectivity index (χ2v) is 6.19. The van der Waals surface area contributed by atoms with Crippen molar-refractivity contribution in [3.8, 4) is 0 Å². The molecule has 2 aliphatic rings. The molecule has 2 bridgehead atoms. The number of rotatable bonds is 2. The molecule has 2 saturated carbocycles. The van der Waals surface area contributed by atoms with Gasteiger partial charge < -0.3 is 11.1 Å². The third-order valence-corrected chi connectivity index (χ3v) is 4.78. The fourth-order valence-corrected chi connectivity index (χ4v) is 3.86. The average molecular weight is 313 g/mol. The van der Waals surface area contributed by atoms with Gasteiger partial charge in [-0.25, -0.2) is 4.39 Å². The van der Waals surface area contributed by atoms with E-state index in [1.807, 2.05) is 0 Å². The highest BCUT2D eigenvalue weighted by Gasteiger charge is 2.39. The molecule has 0 radical (unpaired) electrons. The van der Waals surface area contributed by atoms with E-state index in [-0.39, 0.29) is 36.2 Å². The van der Waals surface area contributed by atoms with Crippen molar-refractivity contribution in [1.82, 2.24) is 5.32 Å². The normalized spacial score (nSPS) is 31.1. The first kappa shape index (κ1) is 16.2. The van der Waals surface area contributed by atoms with E-state index in [1.54, 1.807) is 0 Å². The minimum absolute atomic E-state index is 0. The van der Waals surface area contributed by atoms with Gasteiger partial charge in [-0.3, -0.25) is 4.79 Å². The summed E-state index contributed by atoms with van der Waals surface area (Å²) in [6, 6.07) is 6.24. The Morgan fingerprint density at radius 3 is 2.29 bits per heavy atom. The molecular weight excluding hydrogens is 291 g/mol. The number of halogens is 2. The van der Waals surface area contributed by atoms with E-state index in [2.05, 4.69) is 5.32 Å². The maximum absolute atomic E-state index is 12.9. The van der Waals surface area contributed by atoms with Crippen LogP contribution in [0.1, 0.15) is 42.5 Å². The second-order valence-electron chi connectivity index (χ2n) is 6.19. The zero-order valence-corrected chi connectivity index (χ0v) is 12.7. The molecule has 0 spiro atoms. The van der Waals surface area contributed by atoms with Gasteiger partial charge in [-0.1, -0.05) is 6.42 Å². The maximum Gasteiger partial charge on any atom is 0.251 e. The topological polar surface area (TPSA) is 55.1 Å². The highest BCUT2D eigenvalue weighted by atomic mass is 35.5. The minimum Gasteiger partial charge on any atom is -0.349 e. The Hall–Kier alpha value is -1.13. The molecule has 5 heteroatoms. The van der Waals surface area contributed by atoms with Crippen LogP contribution in [-0.2, 0) is 0 Å². The van der Waals surface area contributed by atoms with Crippen molar-refractivity contribution in [2.24, 2.45) is 17.6 Å². The van der Waals surface area contributed by atoms with Crippen molar-refractivity contribution >= 4 is 18.3 Å². The van der Waals surface area contributed by atoms with Crippen LogP contribution in [0.25, 0.3) is 0 Å². The summed E-state index contributed by atoms with van der Waals surface area (Å²) in [5.41, 5.74) is 6.62. The van der Waals surface area contributed by atoms with Crippen LogP contribution in [0.15, 0.2) is 24.3 Å². The lowest BCUT2D eigenvalue weighted by Gasteiger charge is -2.45. The van der Waals surface area contributed by atoms with Crippen LogP contribution in [0, 0.1) is 17.7 Å². The summed E-state index contributed by atoms with van der Waals surface area (Å²) in [7, 11) is 0. The summed E-state index contributed by atoms with van der Waals surface area (Å²) in [5.74, 6) is 0.591. The molecule has 3 N–H and O–H groups in total. The first-order valence-corrected chi connectivity index (χ1v) is 7.45. The summed E-state index contributed by atoms with van der Waals surface area (Å²) >= 11 is 0. The number of carbonyl (C=O) groups excluding carboxylic acids is 1. The number of hydrogen-bond donors (Lipinski definition) is 2. The summed E-state index contributed by atoms with van der Waals surface area (Å²) < 4.78 is 12.9. The Morgan fingerprint density at radius 2 is 1.71 bits per heavy atom. The van der Waals surface area contributed by atoms with Crippen molar-refractivity contribution in [2.45, 2.75) is 44.2 Å². The third kappa shape index (κ3) is 3.55. The van der Waals surface area contributed by atoms with Gasteiger partial charge in [0.1, 0.15) is 5.82 Å². The minimum atomic E-state index is -0.318. The SMILES string of the molecule is Cl.NC1CC2CCCC(C1)C2NC(=O)c1ccc(F)cc1. The molecule has 116 valence electrons. The van der Waals surface area contributed by atoms with E-state index in [0.29, 0.717) is 17.4 Å². The van der Waals surface area contributed by atoms with Crippen molar-refractivity contribution in [1.29, 1.82) is 0 Å². The van der Waals surface area contributed by atoms with Gasteiger partial charge in [0, 0.05) is 17.6 Å². The van der Waals surface area contributed by atoms with Gasteiger partial charge in [0.2, 0.25) is 0 Å². The van der Waals surface area contributed by atoms with Crippen molar-refractivity contribution in [3.63, 3.8) is 0 Å². The first-order chi connectivity index (χ1) is 9.63. The van der Waals surface area contributed by atoms with E-state index < -0.39 is 0 Å². The van der Waals surface area contributed by atoms with Gasteiger partial charge in [-0.2, -0.15) is 0 Å². The molecular formula is C16H22ClFN2O. The highest BCUT2D eigenvalue weighted by Crippen LogP contribution is 2.39. The van der Waals surface area contributed by atoms with Crippen LogP contribution in [-0.4, -0.2) is 18.0 Å². The lowest BCUT2D eigenvalue weighted by Crippen LogP contribution is -2.53. The zero-order valence-electron chi connectivity index (χ0n) is 11.9. The quantitative estimate of drug-likeness (QED) is 0.882. The summed E-state index contributed by atoms with van der Waals surface area (Å²) in [6.45, 7) is 0. The Kier molecular flexibility index (Phi) is 5.22. The van der Waals surface area contributed by atoms with Gasteiger partial charge in [-0.15, -0.1) is 12.4 Å². The summed E-state index contributed by atoms with van der Waals surface area (Å²) in [4.78, 5) is 12.3. The predicted molar refractivity (Wildman–Crippen MR) is 82.9 cm³/mol. The Labute approximate surface area is 130 Å². The number of carbonyl (C=O) groups is 1. The first-order valence-electron chi connectivity index (χ1n) is 7.45. The number of amides is 1. The van der Waals surface area contributed by atoms with Crippen molar-refractivity contribution < 1.29 is 9.18 Å². The number of nitrogens with one attached hydrogen (secondary N) is 1. The van der Waals surface area contributed by atoms with E-state index >= 15 is 0 Å². The molecule has 21 heavy (non-hydrogen) atoms. The molecule has 0 heterocycles. The van der Waals surface area contributed by atoms with Gasteiger partial charge in [0.05, 0.1) is 0 Å². The van der Waals surface area contributed by atoms with Gasteiger partial charge in [-0.05, 0) is 61.8 Å². The molecule has 0 aliphatic heterocycles. The van der Waals surface area contributed by atoms with E-state index in [4.69, 9.17) is 5.73 Å². The predicted octanol–water partition coefficient (Wildman–Crippen LogP) is 2.88. The van der Waals surface area contributed by atoms with Crippen molar-refractivity contribution in [2.75, 3.05) is 0 Å². The number of nitrogens with two attached hydrogens (primary N) is 1. The van der Waals surface area contributed by atoms with Gasteiger partial charge >= 0.3 is 0 Å². The summed E-state index contributed by atoms with van der Waals surface area (Å²) in [6.07, 6.45) is 5.55. The van der Waals surface area contributed by atoms with Crippen LogP contribution < -0.4 is 11.1 Å². The molecule has 1 aromatic carbocycles. The highest BCUT2D eigenvalue weighted by molar-refractivity contribution is 5.94. The molecule has 1 amide bonds. The third-order valence-electron chi connectivity index (χ3n) is 4.78. The van der Waals surface area contributed by atoms with Crippen molar-refractivity contribution in [3.05, 3.63) is 35.6 Å². The smallest absolute Gasteiger partial charge is 0.251 e. The fraction of sp³-hybridized carbons (Fsp3) is 0.562. The van der Waals surface area contributed by atoms with Crippen LogP contribution >= 0.6 is 12.4 Å². The monoisotopic (exact) mass is 312 g/mol. The van der Waals surface area contributed by atoms with Crippen LogP contribution in [0.2, 0.25) is 0 Å². The summed E-state index contributed by atoms with van der Waals surface area (Å²) in [5, 5.41) is 3.16. The van der Waals surface area contributed by atoms with Crippen LogP contribution in [0.3, 0.4) is 0 Å². The fourth-order valence-electron chi connectivity index (χ4n) is 3.86. The van der Waals surface area contributed by atoms with E-state index in [9.17, 15) is 9.18 Å². The van der Waals surface area contributed by atoms with Gasteiger partial charge in [0.25, 0.3) is 5.91 Å². The van der Waals surface area contributed by atoms with Crippen LogP contribution in [0.5, 0.6) is 0 Å². The number of fused-ring (bicyclic) bond motifs is 2. The standard InChI is InChI=1S/C16H21FN2O.ClH/c17-13-6-4-10(5-7-13)16(20)19-15-11-2-1-3-12(15)9-14(18)8-11;/h4-7,11-12,14-15H,1-3,8-9,18H2,(H,19,20);1H. The molecule has 0 aromatic heterocycles. The molecule has 2 aliphatic carbocycles. The van der Waals surface area contributed by atoms with E-state index in [0.717, 1.165) is 25.7 Å². The molecule has 2 unspecified atom stereocenters. The Bertz CT molecular complexity index is 480. The number of benzene rings is 1. The van der Waals surface area contributed by atoms with Gasteiger partial charge in [0.15, 0.2) is 0 Å². The largest absolute Gasteiger partial charge is 0.349 e. The molecule has 0 saturated heterocycles. The second kappa shape index (κ2) is 6.75. The Morgan fingerprint density at radius 1 is 1.14 bits per heavy atom. The Balaban J connectivity index is 0.00000161. The van der Waals surface area contributed by atoms with E-state index in [1.165, 1.54) is 30.7 Å². The maximum atomic E-state index is 12.9. The lowest BCUT2D eigenvalue weighted by molar-refractivity contribution is 0.0756. The lowest BCUT2D eigenvalue weighted by atomic mass is 9.67. The van der Waals surface area contributed by atoms with Crippen LogP contribution in [0.4, 0.5) is 4.39 Å². The molecule has 3 nitrogen and oxygen atoms in total. The molecule has 2 fully saturated rings. The zero-order chi connectivity index (χ0) is 14.1. The molecule has 1 aromatic rings. The number of hydrogen-bond acceptors (Lipinski definition) is 2. The molecule has 3 rings (SSSR count). The molecule has 2 atom stereocenters.